The lowest BCUT2D eigenvalue weighted by Crippen LogP contribution is -1.87. The van der Waals surface area contributed by atoms with Crippen LogP contribution in [0.2, 0.25) is 0 Å². The molecule has 3 heterocycles. The maximum absolute atomic E-state index is 5.30. The van der Waals surface area contributed by atoms with Crippen LogP contribution in [-0.2, 0) is 7.05 Å². The molecular formula is C16H15N5O. The number of nitrogens with one attached hydrogen (secondary N) is 1. The van der Waals surface area contributed by atoms with Gasteiger partial charge in [-0.1, -0.05) is 5.16 Å². The Morgan fingerprint density at radius 3 is 2.73 bits per heavy atom. The van der Waals surface area contributed by atoms with Gasteiger partial charge in [0, 0.05) is 29.9 Å². The van der Waals surface area contributed by atoms with Crippen molar-refractivity contribution < 1.29 is 4.52 Å². The summed E-state index contributed by atoms with van der Waals surface area (Å²) in [6, 6.07) is 4.20. The topological polar surface area (TPSA) is 72.5 Å². The molecule has 0 spiro atoms. The molecule has 1 aromatic carbocycles. The van der Waals surface area contributed by atoms with Gasteiger partial charge in [0.2, 0.25) is 0 Å². The van der Waals surface area contributed by atoms with E-state index >= 15 is 0 Å². The molecule has 0 radical (unpaired) electrons. The number of rotatable bonds is 2. The molecule has 3 aromatic heterocycles. The molecule has 0 saturated carbocycles. The van der Waals surface area contributed by atoms with Crippen molar-refractivity contribution in [1.82, 2.24) is 24.9 Å². The first-order valence-electron chi connectivity index (χ1n) is 7.03. The largest absolute Gasteiger partial charge is 0.361 e. The summed E-state index contributed by atoms with van der Waals surface area (Å²) < 4.78 is 7.09. The summed E-state index contributed by atoms with van der Waals surface area (Å²) in [5.74, 6) is 0.813. The first kappa shape index (κ1) is 12.8. The molecule has 4 rings (SSSR count). The van der Waals surface area contributed by atoms with Gasteiger partial charge in [-0.15, -0.1) is 0 Å². The number of aryl methyl sites for hydroxylation is 3. The van der Waals surface area contributed by atoms with Gasteiger partial charge in [-0.3, -0.25) is 4.68 Å². The van der Waals surface area contributed by atoms with E-state index < -0.39 is 0 Å². The highest BCUT2D eigenvalue weighted by molar-refractivity contribution is 5.95. The fourth-order valence-corrected chi connectivity index (χ4v) is 2.87. The Balaban J connectivity index is 2.02. The van der Waals surface area contributed by atoms with Gasteiger partial charge in [-0.25, -0.2) is 4.98 Å². The van der Waals surface area contributed by atoms with Crippen molar-refractivity contribution in [3.63, 3.8) is 0 Å². The third-order valence-corrected chi connectivity index (χ3v) is 3.86. The second-order valence-corrected chi connectivity index (χ2v) is 5.42. The van der Waals surface area contributed by atoms with Crippen molar-refractivity contribution in [2.45, 2.75) is 13.8 Å². The van der Waals surface area contributed by atoms with E-state index in [1.165, 1.54) is 0 Å². The Kier molecular flexibility index (Phi) is 2.66. The third-order valence-electron chi connectivity index (χ3n) is 3.86. The molecule has 0 amide bonds. The Labute approximate surface area is 126 Å². The molecule has 0 aliphatic rings. The maximum atomic E-state index is 5.30. The number of H-pyrrole nitrogens is 1. The fraction of sp³-hybridized carbons (Fsp3) is 0.188. The van der Waals surface area contributed by atoms with E-state index in [0.717, 1.165) is 44.7 Å². The van der Waals surface area contributed by atoms with Crippen LogP contribution in [0.4, 0.5) is 0 Å². The standard InChI is InChI=1S/C16H15N5O/c1-9-15(10(2)22-20-9)11-4-13(12-6-19-21(3)7-12)16-14(5-11)17-8-18-16/h4-8H,1-3H3,(H,17,18). The molecular weight excluding hydrogens is 278 g/mol. The third kappa shape index (κ3) is 1.84. The van der Waals surface area contributed by atoms with Crippen LogP contribution in [-0.4, -0.2) is 24.9 Å². The summed E-state index contributed by atoms with van der Waals surface area (Å²) in [4.78, 5) is 7.63. The Morgan fingerprint density at radius 2 is 2.05 bits per heavy atom. The molecule has 0 unspecified atom stereocenters. The van der Waals surface area contributed by atoms with Crippen LogP contribution in [0, 0.1) is 13.8 Å². The van der Waals surface area contributed by atoms with Crippen LogP contribution in [0.5, 0.6) is 0 Å². The predicted molar refractivity (Wildman–Crippen MR) is 83.3 cm³/mol. The number of hydrogen-bond acceptors (Lipinski definition) is 4. The highest BCUT2D eigenvalue weighted by Gasteiger charge is 2.16. The van der Waals surface area contributed by atoms with E-state index in [9.17, 15) is 0 Å². The van der Waals surface area contributed by atoms with Gasteiger partial charge >= 0.3 is 0 Å². The molecule has 22 heavy (non-hydrogen) atoms. The molecule has 0 bridgehead atoms. The van der Waals surface area contributed by atoms with Crippen LogP contribution in [0.15, 0.2) is 35.4 Å². The Morgan fingerprint density at radius 1 is 1.18 bits per heavy atom. The number of fused-ring (bicyclic) bond motifs is 1. The molecule has 0 atom stereocenters. The summed E-state index contributed by atoms with van der Waals surface area (Å²) in [5, 5.41) is 8.31. The second kappa shape index (κ2) is 4.56. The highest BCUT2D eigenvalue weighted by Crippen LogP contribution is 2.34. The van der Waals surface area contributed by atoms with Gasteiger partial charge in [-0.05, 0) is 31.5 Å². The summed E-state index contributed by atoms with van der Waals surface area (Å²) in [6.45, 7) is 3.88. The van der Waals surface area contributed by atoms with Crippen molar-refractivity contribution >= 4 is 11.0 Å². The smallest absolute Gasteiger partial charge is 0.141 e. The van der Waals surface area contributed by atoms with E-state index in [1.807, 2.05) is 33.3 Å². The summed E-state index contributed by atoms with van der Waals surface area (Å²) in [6.07, 6.45) is 5.54. The number of hydrogen-bond donors (Lipinski definition) is 1. The van der Waals surface area contributed by atoms with Gasteiger partial charge < -0.3 is 9.51 Å². The van der Waals surface area contributed by atoms with Crippen LogP contribution in [0.1, 0.15) is 11.5 Å². The van der Waals surface area contributed by atoms with Gasteiger partial charge in [0.05, 0.1) is 29.3 Å². The first-order valence-corrected chi connectivity index (χ1v) is 7.03. The highest BCUT2D eigenvalue weighted by atomic mass is 16.5. The fourth-order valence-electron chi connectivity index (χ4n) is 2.87. The van der Waals surface area contributed by atoms with E-state index in [-0.39, 0.29) is 0 Å². The van der Waals surface area contributed by atoms with Gasteiger partial charge in [-0.2, -0.15) is 5.10 Å². The predicted octanol–water partition coefficient (Wildman–Crippen LogP) is 3.24. The summed E-state index contributed by atoms with van der Waals surface area (Å²) in [5.41, 5.74) is 6.97. The average molecular weight is 293 g/mol. The number of benzene rings is 1. The van der Waals surface area contributed by atoms with Gasteiger partial charge in [0.1, 0.15) is 5.76 Å². The zero-order valence-electron chi connectivity index (χ0n) is 12.6. The van der Waals surface area contributed by atoms with E-state index in [4.69, 9.17) is 4.52 Å². The zero-order chi connectivity index (χ0) is 15.3. The molecule has 0 saturated heterocycles. The van der Waals surface area contributed by atoms with Crippen LogP contribution in [0.25, 0.3) is 33.3 Å². The van der Waals surface area contributed by atoms with Crippen LogP contribution < -0.4 is 0 Å². The van der Waals surface area contributed by atoms with Gasteiger partial charge in [0.25, 0.3) is 0 Å². The SMILES string of the molecule is Cc1noc(C)c1-c1cc(-c2cnn(C)c2)c2nc[nH]c2c1. The van der Waals surface area contributed by atoms with Crippen molar-refractivity contribution in [1.29, 1.82) is 0 Å². The normalized spacial score (nSPS) is 11.4. The number of imidazole rings is 1. The monoisotopic (exact) mass is 293 g/mol. The lowest BCUT2D eigenvalue weighted by molar-refractivity contribution is 0.393. The number of aromatic amines is 1. The quantitative estimate of drug-likeness (QED) is 0.616. The lowest BCUT2D eigenvalue weighted by atomic mass is 9.98. The number of aromatic nitrogens is 5. The molecule has 1 N–H and O–H groups in total. The average Bonchev–Trinajstić information content (AvgIpc) is 3.19. The molecule has 6 heteroatoms. The van der Waals surface area contributed by atoms with Gasteiger partial charge in [0.15, 0.2) is 0 Å². The number of nitrogens with zero attached hydrogens (tertiary/aromatic N) is 4. The minimum Gasteiger partial charge on any atom is -0.361 e. The summed E-state index contributed by atoms with van der Waals surface area (Å²) >= 11 is 0. The van der Waals surface area contributed by atoms with Crippen molar-refractivity contribution in [2.24, 2.45) is 7.05 Å². The minimum absolute atomic E-state index is 0.813. The van der Waals surface area contributed by atoms with Crippen molar-refractivity contribution in [2.75, 3.05) is 0 Å². The summed E-state index contributed by atoms with van der Waals surface area (Å²) in [7, 11) is 1.91. The lowest BCUT2D eigenvalue weighted by Gasteiger charge is -2.05. The van der Waals surface area contributed by atoms with E-state index in [0.29, 0.717) is 0 Å². The molecule has 110 valence electrons. The zero-order valence-corrected chi connectivity index (χ0v) is 12.6. The van der Waals surface area contributed by atoms with E-state index in [2.05, 4.69) is 32.4 Å². The molecule has 4 aromatic rings. The minimum atomic E-state index is 0.813. The molecule has 0 fully saturated rings. The molecule has 0 aliphatic heterocycles. The Bertz CT molecular complexity index is 956. The molecule has 0 aliphatic carbocycles. The second-order valence-electron chi connectivity index (χ2n) is 5.42. The van der Waals surface area contributed by atoms with Crippen LogP contribution in [0.3, 0.4) is 0 Å². The van der Waals surface area contributed by atoms with Crippen molar-refractivity contribution in [3.8, 4) is 22.3 Å². The molecule has 6 nitrogen and oxygen atoms in total. The van der Waals surface area contributed by atoms with Crippen LogP contribution >= 0.6 is 0 Å². The Hall–Kier alpha value is -2.89. The first-order chi connectivity index (χ1) is 10.6. The van der Waals surface area contributed by atoms with Crippen molar-refractivity contribution in [3.05, 3.63) is 42.3 Å². The maximum Gasteiger partial charge on any atom is 0.141 e. The van der Waals surface area contributed by atoms with E-state index in [1.54, 1.807) is 11.0 Å².